The van der Waals surface area contributed by atoms with E-state index in [4.69, 9.17) is 4.99 Å². The van der Waals surface area contributed by atoms with Gasteiger partial charge >= 0.3 is 5.97 Å². The van der Waals surface area contributed by atoms with Crippen molar-refractivity contribution in [3.63, 3.8) is 0 Å². The van der Waals surface area contributed by atoms with Crippen LogP contribution < -0.4 is 0 Å². The van der Waals surface area contributed by atoms with Crippen LogP contribution >= 0.6 is 0 Å². The van der Waals surface area contributed by atoms with Crippen molar-refractivity contribution in [3.05, 3.63) is 35.4 Å². The van der Waals surface area contributed by atoms with E-state index in [2.05, 4.69) is 48.5 Å². The zero-order chi connectivity index (χ0) is 30.5. The first kappa shape index (κ1) is 30.3. The molecule has 232 valence electrons. The molecule has 5 aliphatic carbocycles. The Morgan fingerprint density at radius 1 is 0.881 bits per heavy atom. The fourth-order valence-electron chi connectivity index (χ4n) is 12.8. The average molecular weight is 582 g/mol. The molecule has 1 aromatic rings. The molecule has 42 heavy (non-hydrogen) atoms. The van der Waals surface area contributed by atoms with Gasteiger partial charge in [0.25, 0.3) is 0 Å². The van der Waals surface area contributed by atoms with E-state index in [9.17, 15) is 18.7 Å². The highest BCUT2D eigenvalue weighted by molar-refractivity contribution is 5.79. The molecule has 10 atom stereocenters. The first-order valence-corrected chi connectivity index (χ1v) is 16.8. The van der Waals surface area contributed by atoms with Crippen LogP contribution in [0, 0.1) is 74.2 Å². The second-order valence-corrected chi connectivity index (χ2v) is 16.9. The summed E-state index contributed by atoms with van der Waals surface area (Å²) in [6, 6.07) is 4.17. The van der Waals surface area contributed by atoms with Crippen LogP contribution in [0.25, 0.3) is 0 Å². The number of carboxylic acids is 1. The van der Waals surface area contributed by atoms with E-state index < -0.39 is 23.0 Å². The minimum atomic E-state index is -0.828. The molecule has 0 radical (unpaired) electrons. The highest BCUT2D eigenvalue weighted by Gasteiger charge is 2.72. The van der Waals surface area contributed by atoms with E-state index in [0.29, 0.717) is 41.1 Å². The summed E-state index contributed by atoms with van der Waals surface area (Å²) in [5.74, 6) is 0.820. The molecule has 0 bridgehead atoms. The molecule has 5 fully saturated rings. The summed E-state index contributed by atoms with van der Waals surface area (Å²) in [6.07, 6.45) is 12.5. The fraction of sp³-hybridized carbons (Fsp3) is 0.784. The number of carbonyl (C=O) groups is 1. The predicted octanol–water partition coefficient (Wildman–Crippen LogP) is 9.57. The topological polar surface area (TPSA) is 49.7 Å². The lowest BCUT2D eigenvalue weighted by Crippen LogP contribution is -2.67. The summed E-state index contributed by atoms with van der Waals surface area (Å²) in [5.41, 5.74) is 0.675. The highest BCUT2D eigenvalue weighted by Crippen LogP contribution is 2.77. The molecule has 1 aromatic carbocycles. The molecule has 0 spiro atoms. The maximum absolute atomic E-state index is 13.8. The highest BCUT2D eigenvalue weighted by atomic mass is 19.2. The molecule has 1 N–H and O–H groups in total. The van der Waals surface area contributed by atoms with Gasteiger partial charge in [-0.15, -0.1) is 0 Å². The quantitative estimate of drug-likeness (QED) is 0.360. The molecule has 0 amide bonds. The van der Waals surface area contributed by atoms with Crippen molar-refractivity contribution in [2.24, 2.45) is 67.6 Å². The molecule has 0 aliphatic heterocycles. The lowest BCUT2D eigenvalue weighted by Gasteiger charge is -2.72. The maximum Gasteiger partial charge on any atom is 0.309 e. The number of hydrogen-bond donors (Lipinski definition) is 1. The second-order valence-electron chi connectivity index (χ2n) is 16.9. The van der Waals surface area contributed by atoms with Crippen molar-refractivity contribution >= 4 is 12.2 Å². The third-order valence-electron chi connectivity index (χ3n) is 15.1. The first-order chi connectivity index (χ1) is 19.6. The fourth-order valence-corrected chi connectivity index (χ4v) is 12.8. The van der Waals surface area contributed by atoms with Gasteiger partial charge in [0, 0.05) is 6.21 Å². The smallest absolute Gasteiger partial charge is 0.309 e. The van der Waals surface area contributed by atoms with Crippen LogP contribution in [0.1, 0.15) is 118 Å². The van der Waals surface area contributed by atoms with Gasteiger partial charge in [-0.3, -0.25) is 9.79 Å². The number of halogens is 2. The Labute approximate surface area is 252 Å². The van der Waals surface area contributed by atoms with Crippen LogP contribution in [0.5, 0.6) is 0 Å². The minimum Gasteiger partial charge on any atom is -0.481 e. The summed E-state index contributed by atoms with van der Waals surface area (Å²) >= 11 is 0. The van der Waals surface area contributed by atoms with Gasteiger partial charge in [-0.25, -0.2) is 8.78 Å². The third kappa shape index (κ3) is 3.99. The molecule has 5 aliphatic rings. The molecule has 0 aromatic heterocycles. The molecular formula is C37H53F2NO2. The molecular weight excluding hydrogens is 528 g/mol. The zero-order valence-corrected chi connectivity index (χ0v) is 27.0. The van der Waals surface area contributed by atoms with E-state index >= 15 is 0 Å². The normalized spacial score (nSPS) is 46.1. The average Bonchev–Trinajstić information content (AvgIpc) is 3.32. The van der Waals surface area contributed by atoms with Crippen molar-refractivity contribution in [1.29, 1.82) is 0 Å². The van der Waals surface area contributed by atoms with Crippen LogP contribution in [0.3, 0.4) is 0 Å². The number of aliphatic imine (C=N–C) groups is 1. The predicted molar refractivity (Wildman–Crippen MR) is 164 cm³/mol. The van der Waals surface area contributed by atoms with Gasteiger partial charge in [0.15, 0.2) is 11.6 Å². The van der Waals surface area contributed by atoms with Crippen molar-refractivity contribution in [3.8, 4) is 0 Å². The molecule has 5 saturated carbocycles. The van der Waals surface area contributed by atoms with Crippen molar-refractivity contribution < 1.29 is 18.7 Å². The Morgan fingerprint density at radius 2 is 1.62 bits per heavy atom. The summed E-state index contributed by atoms with van der Waals surface area (Å²) in [7, 11) is 0. The number of hydrogen-bond acceptors (Lipinski definition) is 2. The standard InChI is InChI=1S/C37H53F2NO2/c1-22(2)24-12-17-37(32(41)42)19-18-35(6)25(31(24)37)9-11-29-34(5)15-14-30(33(3,4)28(34)13-16-36(29,35)7)40-21-23-8-10-26(38)27(39)20-23/h8,10,20-22,24-25,28-31H,9,11-19H2,1-7H3,(H,41,42)/t24-,25?,28?,29?,30?,31?,34-,35+,36+,37-/m0/s1. The van der Waals surface area contributed by atoms with E-state index in [1.807, 2.05) is 0 Å². The van der Waals surface area contributed by atoms with Crippen molar-refractivity contribution in [2.75, 3.05) is 0 Å². The minimum absolute atomic E-state index is 0.000372. The molecule has 0 heterocycles. The van der Waals surface area contributed by atoms with Crippen LogP contribution in [0.15, 0.2) is 23.2 Å². The Bertz CT molecular complexity index is 1270. The van der Waals surface area contributed by atoms with Gasteiger partial charge in [-0.05, 0) is 139 Å². The molecule has 5 unspecified atom stereocenters. The van der Waals surface area contributed by atoms with Gasteiger partial charge in [-0.1, -0.05) is 54.5 Å². The first-order valence-electron chi connectivity index (χ1n) is 16.8. The van der Waals surface area contributed by atoms with Gasteiger partial charge in [0.05, 0.1) is 11.5 Å². The molecule has 0 saturated heterocycles. The van der Waals surface area contributed by atoms with Crippen LogP contribution in [0.2, 0.25) is 0 Å². The number of carboxylic acid groups (broad SMARTS) is 1. The summed E-state index contributed by atoms with van der Waals surface area (Å²) in [5, 5.41) is 10.6. The number of fused-ring (bicyclic) bond motifs is 7. The van der Waals surface area contributed by atoms with E-state index in [1.54, 1.807) is 12.3 Å². The summed E-state index contributed by atoms with van der Waals surface area (Å²) in [4.78, 5) is 18.0. The van der Waals surface area contributed by atoms with Gasteiger partial charge < -0.3 is 5.11 Å². The Balaban J connectivity index is 1.30. The van der Waals surface area contributed by atoms with Gasteiger partial charge in [0.1, 0.15) is 0 Å². The Hall–Kier alpha value is -1.78. The Morgan fingerprint density at radius 3 is 2.29 bits per heavy atom. The van der Waals surface area contributed by atoms with Crippen LogP contribution in [-0.4, -0.2) is 23.3 Å². The summed E-state index contributed by atoms with van der Waals surface area (Å²) < 4.78 is 27.3. The lowest BCUT2D eigenvalue weighted by molar-refractivity contribution is -0.241. The van der Waals surface area contributed by atoms with Gasteiger partial charge in [0.2, 0.25) is 0 Å². The van der Waals surface area contributed by atoms with Crippen molar-refractivity contribution in [1.82, 2.24) is 0 Å². The number of nitrogens with zero attached hydrogens (tertiary/aromatic N) is 1. The van der Waals surface area contributed by atoms with Gasteiger partial charge in [-0.2, -0.15) is 0 Å². The van der Waals surface area contributed by atoms with E-state index in [1.165, 1.54) is 37.8 Å². The monoisotopic (exact) mass is 581 g/mol. The molecule has 6 rings (SSSR count). The zero-order valence-electron chi connectivity index (χ0n) is 27.0. The SMILES string of the molecule is CC(C)[C@@H]1CC[C@]2(C(=O)O)CC[C@]3(C)C(CCC4[C@@]5(C)CCC(N=Cc6ccc(F)c(F)c6)C(C)(C)C5CC[C@]43C)C12. The lowest BCUT2D eigenvalue weighted by atomic mass is 9.32. The molecule has 5 heteroatoms. The van der Waals surface area contributed by atoms with Crippen LogP contribution in [-0.2, 0) is 4.79 Å². The van der Waals surface area contributed by atoms with E-state index in [0.717, 1.165) is 38.5 Å². The van der Waals surface area contributed by atoms with E-state index in [-0.39, 0.29) is 27.7 Å². The van der Waals surface area contributed by atoms with Crippen LogP contribution in [0.4, 0.5) is 8.78 Å². The Kier molecular flexibility index (Phi) is 7.10. The number of aliphatic carboxylic acids is 1. The number of rotatable bonds is 4. The third-order valence-corrected chi connectivity index (χ3v) is 15.1. The summed E-state index contributed by atoms with van der Waals surface area (Å²) in [6.45, 7) is 17.2. The second kappa shape index (κ2) is 9.86. The van der Waals surface area contributed by atoms with Crippen molar-refractivity contribution in [2.45, 2.75) is 119 Å². The number of benzene rings is 1. The largest absolute Gasteiger partial charge is 0.481 e. The molecule has 3 nitrogen and oxygen atoms in total. The maximum atomic E-state index is 13.8.